The molecule has 0 bridgehead atoms. The highest BCUT2D eigenvalue weighted by atomic mass is 19.1. The summed E-state index contributed by atoms with van der Waals surface area (Å²) in [7, 11) is 1.70. The predicted octanol–water partition coefficient (Wildman–Crippen LogP) is 1.35. The maximum Gasteiger partial charge on any atom is 0.153 e. The molecule has 0 saturated carbocycles. The van der Waals surface area contributed by atoms with Gasteiger partial charge in [0.2, 0.25) is 0 Å². The van der Waals surface area contributed by atoms with Gasteiger partial charge in [0.25, 0.3) is 0 Å². The Bertz CT molecular complexity index is 432. The number of hydrogen-bond donors (Lipinski definition) is 1. The molecular formula is C11H9F2NO. The molecule has 0 aliphatic carbocycles. The highest BCUT2D eigenvalue weighted by Crippen LogP contribution is 2.12. The minimum absolute atomic E-state index is 0.0478. The fraction of sp³-hybridized carbons (Fsp3) is 0.182. The second-order valence-corrected chi connectivity index (χ2v) is 2.80. The van der Waals surface area contributed by atoms with Gasteiger partial charge in [-0.05, 0) is 19.2 Å². The Hall–Kier alpha value is -1.73. The Labute approximate surface area is 86.3 Å². The molecule has 0 spiro atoms. The van der Waals surface area contributed by atoms with E-state index >= 15 is 0 Å². The molecule has 15 heavy (non-hydrogen) atoms. The third-order valence-electron chi connectivity index (χ3n) is 1.70. The largest absolute Gasteiger partial charge is 0.309 e. The average Bonchev–Trinajstić information content (AvgIpc) is 2.23. The zero-order chi connectivity index (χ0) is 11.3. The van der Waals surface area contributed by atoms with Crippen LogP contribution in [0.25, 0.3) is 0 Å². The number of carbonyl (C=O) groups excluding carboxylic acids is 1. The molecule has 0 saturated heterocycles. The third-order valence-corrected chi connectivity index (χ3v) is 1.70. The minimum Gasteiger partial charge on any atom is -0.309 e. The Morgan fingerprint density at radius 1 is 1.40 bits per heavy atom. The van der Waals surface area contributed by atoms with Crippen LogP contribution in [0.2, 0.25) is 0 Å². The summed E-state index contributed by atoms with van der Waals surface area (Å²) in [6, 6.07) is 1.76. The molecule has 0 atom stereocenters. The average molecular weight is 209 g/mol. The van der Waals surface area contributed by atoms with Gasteiger partial charge in [0.15, 0.2) is 6.29 Å². The van der Waals surface area contributed by atoms with E-state index < -0.39 is 11.6 Å². The quantitative estimate of drug-likeness (QED) is 0.588. The number of aldehydes is 1. The summed E-state index contributed by atoms with van der Waals surface area (Å²) in [5.41, 5.74) is -0.347. The summed E-state index contributed by atoms with van der Waals surface area (Å²) < 4.78 is 26.3. The SMILES string of the molecule is CNCC#Cc1cc(F)c(C=O)cc1F. The van der Waals surface area contributed by atoms with E-state index in [0.29, 0.717) is 6.54 Å². The Morgan fingerprint density at radius 2 is 2.13 bits per heavy atom. The van der Waals surface area contributed by atoms with Crippen molar-refractivity contribution in [2.45, 2.75) is 0 Å². The van der Waals surface area contributed by atoms with Gasteiger partial charge in [-0.25, -0.2) is 8.78 Å². The summed E-state index contributed by atoms with van der Waals surface area (Å²) in [5.74, 6) is 3.61. The fourth-order valence-corrected chi connectivity index (χ4v) is 0.976. The predicted molar refractivity (Wildman–Crippen MR) is 52.6 cm³/mol. The number of benzene rings is 1. The van der Waals surface area contributed by atoms with Crippen LogP contribution < -0.4 is 5.32 Å². The first-order valence-electron chi connectivity index (χ1n) is 4.26. The monoisotopic (exact) mass is 209 g/mol. The summed E-state index contributed by atoms with van der Waals surface area (Å²) >= 11 is 0. The van der Waals surface area contributed by atoms with Crippen LogP contribution in [0.4, 0.5) is 8.78 Å². The first kappa shape index (κ1) is 11.3. The fourth-order valence-electron chi connectivity index (χ4n) is 0.976. The Morgan fingerprint density at radius 3 is 2.73 bits per heavy atom. The lowest BCUT2D eigenvalue weighted by atomic mass is 10.1. The molecule has 0 aliphatic heterocycles. The first-order chi connectivity index (χ1) is 7.19. The van der Waals surface area contributed by atoms with Crippen LogP contribution in [0.5, 0.6) is 0 Å². The van der Waals surface area contributed by atoms with Gasteiger partial charge in [0, 0.05) is 0 Å². The zero-order valence-corrected chi connectivity index (χ0v) is 8.10. The molecule has 0 amide bonds. The van der Waals surface area contributed by atoms with Crippen LogP contribution in [-0.4, -0.2) is 19.9 Å². The second-order valence-electron chi connectivity index (χ2n) is 2.80. The molecule has 78 valence electrons. The maximum absolute atomic E-state index is 13.2. The van der Waals surface area contributed by atoms with Crippen LogP contribution in [0, 0.1) is 23.5 Å². The first-order valence-corrected chi connectivity index (χ1v) is 4.26. The van der Waals surface area contributed by atoms with Crippen LogP contribution >= 0.6 is 0 Å². The van der Waals surface area contributed by atoms with Crippen molar-refractivity contribution in [1.29, 1.82) is 0 Å². The van der Waals surface area contributed by atoms with Gasteiger partial charge in [-0.1, -0.05) is 11.8 Å². The smallest absolute Gasteiger partial charge is 0.153 e. The van der Waals surface area contributed by atoms with E-state index in [1.165, 1.54) is 0 Å². The second kappa shape index (κ2) is 5.23. The van der Waals surface area contributed by atoms with Crippen LogP contribution in [0.1, 0.15) is 15.9 Å². The van der Waals surface area contributed by atoms with Crippen LogP contribution in [0.3, 0.4) is 0 Å². The van der Waals surface area contributed by atoms with Gasteiger partial charge in [0.1, 0.15) is 11.6 Å². The lowest BCUT2D eigenvalue weighted by Crippen LogP contribution is -2.04. The number of nitrogens with one attached hydrogen (secondary N) is 1. The van der Waals surface area contributed by atoms with E-state index in [1.54, 1.807) is 7.05 Å². The molecule has 0 unspecified atom stereocenters. The van der Waals surface area contributed by atoms with Crippen molar-refractivity contribution in [3.8, 4) is 11.8 Å². The standard InChI is InChI=1S/C11H9F2NO/c1-14-4-2-3-8-5-11(13)9(7-15)6-10(8)12/h5-7,14H,4H2,1H3. The molecule has 0 radical (unpaired) electrons. The Kier molecular flexibility index (Phi) is 3.95. The van der Waals surface area contributed by atoms with E-state index in [0.717, 1.165) is 12.1 Å². The molecule has 0 aliphatic rings. The van der Waals surface area contributed by atoms with E-state index in [4.69, 9.17) is 0 Å². The number of carbonyl (C=O) groups is 1. The lowest BCUT2D eigenvalue weighted by Gasteiger charge is -1.97. The van der Waals surface area contributed by atoms with Crippen molar-refractivity contribution in [2.75, 3.05) is 13.6 Å². The number of hydrogen-bond acceptors (Lipinski definition) is 2. The molecule has 1 N–H and O–H groups in total. The summed E-state index contributed by atoms with van der Waals surface area (Å²) in [6.07, 6.45) is 0.267. The van der Waals surface area contributed by atoms with E-state index in [9.17, 15) is 13.6 Å². The summed E-state index contributed by atoms with van der Waals surface area (Å²) in [6.45, 7) is 0.385. The summed E-state index contributed by atoms with van der Waals surface area (Å²) in [5, 5.41) is 2.75. The van der Waals surface area contributed by atoms with Gasteiger partial charge in [-0.3, -0.25) is 4.79 Å². The molecular weight excluding hydrogens is 200 g/mol. The van der Waals surface area contributed by atoms with E-state index in [-0.39, 0.29) is 17.4 Å². The third kappa shape index (κ3) is 2.86. The molecule has 0 aromatic heterocycles. The van der Waals surface area contributed by atoms with Crippen molar-refractivity contribution in [3.05, 3.63) is 34.9 Å². The maximum atomic E-state index is 13.2. The van der Waals surface area contributed by atoms with Gasteiger partial charge < -0.3 is 5.32 Å². The molecule has 1 aromatic rings. The van der Waals surface area contributed by atoms with E-state index in [2.05, 4.69) is 17.2 Å². The molecule has 4 heteroatoms. The molecule has 0 heterocycles. The molecule has 2 nitrogen and oxygen atoms in total. The number of rotatable bonds is 2. The van der Waals surface area contributed by atoms with Crippen molar-refractivity contribution >= 4 is 6.29 Å². The molecule has 0 fully saturated rings. The lowest BCUT2D eigenvalue weighted by molar-refractivity contribution is 0.111. The van der Waals surface area contributed by atoms with Crippen LogP contribution in [0.15, 0.2) is 12.1 Å². The Balaban J connectivity index is 3.07. The molecule has 1 rings (SSSR count). The van der Waals surface area contributed by atoms with Gasteiger partial charge in [0.05, 0.1) is 17.7 Å². The van der Waals surface area contributed by atoms with Crippen molar-refractivity contribution < 1.29 is 13.6 Å². The number of halogens is 2. The van der Waals surface area contributed by atoms with Gasteiger partial charge in [-0.15, -0.1) is 0 Å². The van der Waals surface area contributed by atoms with Crippen molar-refractivity contribution in [3.63, 3.8) is 0 Å². The minimum atomic E-state index is -0.764. The topological polar surface area (TPSA) is 29.1 Å². The van der Waals surface area contributed by atoms with Gasteiger partial charge >= 0.3 is 0 Å². The highest BCUT2D eigenvalue weighted by molar-refractivity contribution is 5.75. The zero-order valence-electron chi connectivity index (χ0n) is 8.10. The van der Waals surface area contributed by atoms with Gasteiger partial charge in [-0.2, -0.15) is 0 Å². The van der Waals surface area contributed by atoms with Crippen molar-refractivity contribution in [1.82, 2.24) is 5.32 Å². The van der Waals surface area contributed by atoms with Crippen molar-refractivity contribution in [2.24, 2.45) is 0 Å². The van der Waals surface area contributed by atoms with Crippen LogP contribution in [-0.2, 0) is 0 Å². The normalized spacial score (nSPS) is 9.27. The van der Waals surface area contributed by atoms with E-state index in [1.807, 2.05) is 0 Å². The molecule has 1 aromatic carbocycles. The highest BCUT2D eigenvalue weighted by Gasteiger charge is 2.07. The summed E-state index contributed by atoms with van der Waals surface area (Å²) in [4.78, 5) is 10.3.